The van der Waals surface area contributed by atoms with Gasteiger partial charge in [0.1, 0.15) is 31.5 Å². The molecule has 7 unspecified atom stereocenters. The first kappa shape index (κ1) is 65.8. The molecule has 0 bridgehead atoms. The zero-order valence-electron chi connectivity index (χ0n) is 44.1. The van der Waals surface area contributed by atoms with E-state index in [1.807, 2.05) is 13.8 Å². The molecule has 0 aromatic rings. The Morgan fingerprint density at radius 3 is 1.07 bits per heavy atom. The van der Waals surface area contributed by atoms with E-state index in [1.54, 1.807) is 68.2 Å². The van der Waals surface area contributed by atoms with Gasteiger partial charge in [-0.2, -0.15) is 0 Å². The lowest BCUT2D eigenvalue weighted by Crippen LogP contribution is -2.35. The van der Waals surface area contributed by atoms with Crippen molar-refractivity contribution in [1.82, 2.24) is 14.7 Å². The van der Waals surface area contributed by atoms with Crippen LogP contribution in [0.4, 0.5) is 0 Å². The van der Waals surface area contributed by atoms with Crippen LogP contribution in [0.1, 0.15) is 143 Å². The van der Waals surface area contributed by atoms with E-state index >= 15 is 0 Å². The van der Waals surface area contributed by atoms with Crippen LogP contribution >= 0.6 is 0 Å². The SMILES string of the molecule is CCCCCC(OC(=O)CN(C)C)C(O)CC=CCC(=O)OCC(COC(=O)CC=CCC(O)C(CCCCC)OC(=O)CN(C)CC)OC(=O)CC=CCC(O)C(CCCCC)OC(=O)CN(C)C. The van der Waals surface area contributed by atoms with Crippen LogP contribution in [0.5, 0.6) is 0 Å². The Kier molecular flexibility index (Phi) is 38.9. The first-order valence-corrected chi connectivity index (χ1v) is 25.4. The van der Waals surface area contributed by atoms with Crippen molar-refractivity contribution in [2.24, 2.45) is 0 Å². The predicted molar refractivity (Wildman–Crippen MR) is 267 cm³/mol. The Hall–Kier alpha value is -4.20. The number of unbranched alkanes of at least 4 members (excludes halogenated alkanes) is 6. The third-order valence-electron chi connectivity index (χ3n) is 10.9. The fraction of sp³-hybridized carbons (Fsp3) is 0.769. The standard InChI is InChI=1S/C52H91N3O15/c1-10-14-17-29-44(68-50(62)35-53(5)6)41(56)26-20-23-32-47(59)65-38-40(67-49(61)34-25-22-28-42(57)45(30-18-15-11-2)69-51(63)36-54(7)8)39-66-48(60)33-24-21-27-43(58)46(31-19-16-12-3)70-52(64)37-55(9)13-4/h20-25,40-46,56-58H,10-19,26-39H2,1-9H3. The highest BCUT2D eigenvalue weighted by Crippen LogP contribution is 2.18. The van der Waals surface area contributed by atoms with Gasteiger partial charge in [-0.05, 0) is 99.6 Å². The van der Waals surface area contributed by atoms with Gasteiger partial charge in [0.25, 0.3) is 0 Å². The van der Waals surface area contributed by atoms with Crippen LogP contribution < -0.4 is 0 Å². The molecule has 0 saturated heterocycles. The molecule has 0 radical (unpaired) electrons. The highest BCUT2D eigenvalue weighted by Gasteiger charge is 2.26. The highest BCUT2D eigenvalue weighted by molar-refractivity contribution is 5.74. The summed E-state index contributed by atoms with van der Waals surface area (Å²) < 4.78 is 33.1. The average molecular weight is 998 g/mol. The summed E-state index contributed by atoms with van der Waals surface area (Å²) in [7, 11) is 8.78. The lowest BCUT2D eigenvalue weighted by atomic mass is 10.0. The van der Waals surface area contributed by atoms with E-state index in [-0.39, 0.29) is 58.2 Å². The smallest absolute Gasteiger partial charge is 0.320 e. The topological polar surface area (TPSA) is 228 Å². The van der Waals surface area contributed by atoms with Crippen LogP contribution in [-0.2, 0) is 57.2 Å². The zero-order chi connectivity index (χ0) is 52.7. The van der Waals surface area contributed by atoms with Crippen molar-refractivity contribution in [1.29, 1.82) is 0 Å². The summed E-state index contributed by atoms with van der Waals surface area (Å²) in [4.78, 5) is 80.9. The van der Waals surface area contributed by atoms with Crippen LogP contribution in [0, 0.1) is 0 Å². The number of nitrogens with zero attached hydrogens (tertiary/aromatic N) is 3. The van der Waals surface area contributed by atoms with Gasteiger partial charge in [0.15, 0.2) is 6.10 Å². The summed E-state index contributed by atoms with van der Waals surface area (Å²) in [6, 6.07) is 0. The molecule has 70 heavy (non-hydrogen) atoms. The van der Waals surface area contributed by atoms with E-state index in [0.29, 0.717) is 25.8 Å². The van der Waals surface area contributed by atoms with Crippen LogP contribution in [0.15, 0.2) is 36.5 Å². The molecule has 0 aliphatic heterocycles. The molecule has 7 atom stereocenters. The third-order valence-corrected chi connectivity index (χ3v) is 10.9. The van der Waals surface area contributed by atoms with Gasteiger partial charge in [-0.15, -0.1) is 0 Å². The number of likely N-dealkylation sites (N-methyl/N-ethyl adjacent to an activating group) is 3. The number of hydrogen-bond acceptors (Lipinski definition) is 18. The fourth-order valence-corrected chi connectivity index (χ4v) is 6.78. The molecule has 3 N–H and O–H groups in total. The molecule has 0 aliphatic rings. The third kappa shape index (κ3) is 35.8. The van der Waals surface area contributed by atoms with Crippen LogP contribution in [0.2, 0.25) is 0 Å². The van der Waals surface area contributed by atoms with E-state index in [0.717, 1.165) is 57.8 Å². The lowest BCUT2D eigenvalue weighted by molar-refractivity contribution is -0.165. The van der Waals surface area contributed by atoms with Crippen LogP contribution in [-0.4, -0.2) is 183 Å². The quantitative estimate of drug-likeness (QED) is 0.0291. The van der Waals surface area contributed by atoms with Gasteiger partial charge in [0.2, 0.25) is 0 Å². The van der Waals surface area contributed by atoms with Gasteiger partial charge < -0.3 is 43.7 Å². The molecule has 0 rings (SSSR count). The van der Waals surface area contributed by atoms with Gasteiger partial charge in [0, 0.05) is 0 Å². The largest absolute Gasteiger partial charge is 0.461 e. The van der Waals surface area contributed by atoms with Crippen molar-refractivity contribution in [2.45, 2.75) is 186 Å². The summed E-state index contributed by atoms with van der Waals surface area (Å²) in [5, 5.41) is 32.6. The number of esters is 6. The second-order valence-corrected chi connectivity index (χ2v) is 18.3. The Labute approximate surface area is 419 Å². The summed E-state index contributed by atoms with van der Waals surface area (Å²) in [6.45, 7) is 8.11. The van der Waals surface area contributed by atoms with Crippen molar-refractivity contribution in [3.8, 4) is 0 Å². The van der Waals surface area contributed by atoms with Gasteiger partial charge in [-0.25, -0.2) is 0 Å². The highest BCUT2D eigenvalue weighted by atomic mass is 16.6. The summed E-state index contributed by atoms with van der Waals surface area (Å²) in [5.41, 5.74) is 0. The van der Waals surface area contributed by atoms with E-state index in [9.17, 15) is 44.1 Å². The lowest BCUT2D eigenvalue weighted by Gasteiger charge is -2.24. The molecule has 0 fully saturated rings. The molecule has 0 saturated carbocycles. The van der Waals surface area contributed by atoms with Gasteiger partial charge >= 0.3 is 35.8 Å². The monoisotopic (exact) mass is 998 g/mol. The molecular weight excluding hydrogens is 907 g/mol. The van der Waals surface area contributed by atoms with Gasteiger partial charge in [0.05, 0.1) is 57.2 Å². The van der Waals surface area contributed by atoms with Crippen molar-refractivity contribution >= 4 is 35.8 Å². The molecule has 404 valence electrons. The second kappa shape index (κ2) is 41.4. The molecule has 0 spiro atoms. The Balaban J connectivity index is 5.72. The molecule has 18 heteroatoms. The fourth-order valence-electron chi connectivity index (χ4n) is 6.78. The number of rotatable bonds is 42. The predicted octanol–water partition coefficient (Wildman–Crippen LogP) is 5.63. The molecule has 0 amide bonds. The Morgan fingerprint density at radius 1 is 0.429 bits per heavy atom. The number of hydrogen-bond donors (Lipinski definition) is 3. The number of aliphatic hydroxyl groups is 3. The molecule has 0 aliphatic carbocycles. The molecule has 0 heterocycles. The average Bonchev–Trinajstić information content (AvgIpc) is 3.29. The minimum atomic E-state index is -1.18. The minimum Gasteiger partial charge on any atom is -0.461 e. The van der Waals surface area contributed by atoms with Crippen molar-refractivity contribution in [2.75, 3.05) is 74.6 Å². The van der Waals surface area contributed by atoms with E-state index < -0.39 is 91.8 Å². The van der Waals surface area contributed by atoms with Crippen molar-refractivity contribution in [3.63, 3.8) is 0 Å². The number of ether oxygens (including phenoxy) is 6. The maximum atomic E-state index is 13.0. The van der Waals surface area contributed by atoms with Crippen molar-refractivity contribution in [3.05, 3.63) is 36.5 Å². The Morgan fingerprint density at radius 2 is 0.757 bits per heavy atom. The molecule has 0 aromatic carbocycles. The first-order valence-electron chi connectivity index (χ1n) is 25.4. The molecule has 18 nitrogen and oxygen atoms in total. The summed E-state index contributed by atoms with van der Waals surface area (Å²) in [6.07, 6.45) is 12.2. The summed E-state index contributed by atoms with van der Waals surface area (Å²) in [5.74, 6) is -3.40. The molecular formula is C52H91N3O15. The summed E-state index contributed by atoms with van der Waals surface area (Å²) >= 11 is 0. The number of aliphatic hydroxyl groups excluding tert-OH is 3. The second-order valence-electron chi connectivity index (χ2n) is 18.3. The Bertz CT molecular complexity index is 1540. The van der Waals surface area contributed by atoms with Crippen LogP contribution in [0.3, 0.4) is 0 Å². The number of carbonyl (C=O) groups excluding carboxylic acids is 6. The van der Waals surface area contributed by atoms with Gasteiger partial charge in [-0.1, -0.05) is 103 Å². The first-order chi connectivity index (χ1) is 33.3. The minimum absolute atomic E-state index is 0.0701. The van der Waals surface area contributed by atoms with Crippen molar-refractivity contribution < 1.29 is 72.5 Å². The zero-order valence-corrected chi connectivity index (χ0v) is 44.1. The van der Waals surface area contributed by atoms with E-state index in [2.05, 4.69) is 13.8 Å². The maximum absolute atomic E-state index is 13.0. The maximum Gasteiger partial charge on any atom is 0.320 e. The molecule has 0 aromatic heterocycles. The van der Waals surface area contributed by atoms with E-state index in [4.69, 9.17) is 28.4 Å². The normalized spacial score (nSPS) is 15.0. The van der Waals surface area contributed by atoms with E-state index in [1.165, 1.54) is 18.2 Å². The van der Waals surface area contributed by atoms with Gasteiger partial charge in [-0.3, -0.25) is 43.5 Å². The number of carbonyl (C=O) groups is 6. The van der Waals surface area contributed by atoms with Crippen LogP contribution in [0.25, 0.3) is 0 Å².